The van der Waals surface area contributed by atoms with Gasteiger partial charge in [0, 0.05) is 31.1 Å². The van der Waals surface area contributed by atoms with Gasteiger partial charge < -0.3 is 16.0 Å². The number of anilines is 1. The molecule has 0 bridgehead atoms. The molecule has 1 amide bonds. The van der Waals surface area contributed by atoms with Crippen LogP contribution in [0.5, 0.6) is 0 Å². The number of hydrogen-bond acceptors (Lipinski definition) is 2. The summed E-state index contributed by atoms with van der Waals surface area (Å²) in [4.78, 5) is 16.5. The van der Waals surface area contributed by atoms with Crippen molar-refractivity contribution < 1.29 is 9.18 Å². The van der Waals surface area contributed by atoms with E-state index in [4.69, 9.17) is 0 Å². The summed E-state index contributed by atoms with van der Waals surface area (Å²) >= 11 is 3.15. The minimum absolute atomic E-state index is 0. The van der Waals surface area contributed by atoms with E-state index in [1.807, 2.05) is 37.3 Å². The molecule has 3 N–H and O–H groups in total. The first kappa shape index (κ1) is 22.6. The minimum atomic E-state index is -0.300. The molecule has 8 heteroatoms. The highest BCUT2D eigenvalue weighted by atomic mass is 127. The third-order valence-electron chi connectivity index (χ3n) is 4.37. The van der Waals surface area contributed by atoms with Gasteiger partial charge in [-0.1, -0.05) is 24.3 Å². The third kappa shape index (κ3) is 5.91. The molecule has 2 aromatic rings. The largest absolute Gasteiger partial charge is 0.357 e. The van der Waals surface area contributed by atoms with Crippen molar-refractivity contribution >= 4 is 57.5 Å². The highest BCUT2D eigenvalue weighted by molar-refractivity contribution is 14.0. The molecule has 0 spiro atoms. The van der Waals surface area contributed by atoms with Gasteiger partial charge in [-0.05, 0) is 52.2 Å². The summed E-state index contributed by atoms with van der Waals surface area (Å²) in [5, 5.41) is 9.40. The Morgan fingerprint density at radius 1 is 1.29 bits per heavy atom. The molecule has 150 valence electrons. The van der Waals surface area contributed by atoms with Crippen LogP contribution in [0.4, 0.5) is 10.1 Å². The number of guanidine groups is 1. The van der Waals surface area contributed by atoms with Crippen LogP contribution in [-0.4, -0.2) is 25.0 Å². The van der Waals surface area contributed by atoms with Gasteiger partial charge in [-0.3, -0.25) is 4.79 Å². The summed E-state index contributed by atoms with van der Waals surface area (Å²) in [7, 11) is 0. The highest BCUT2D eigenvalue weighted by Crippen LogP contribution is 2.31. The van der Waals surface area contributed by atoms with Crippen LogP contribution in [0.2, 0.25) is 0 Å². The van der Waals surface area contributed by atoms with E-state index >= 15 is 0 Å². The fraction of sp³-hybridized carbons (Fsp3) is 0.300. The summed E-state index contributed by atoms with van der Waals surface area (Å²) in [6.45, 7) is 3.65. The molecule has 0 saturated heterocycles. The van der Waals surface area contributed by atoms with Crippen LogP contribution in [0.1, 0.15) is 30.4 Å². The molecule has 1 heterocycles. The van der Waals surface area contributed by atoms with E-state index in [-0.39, 0.29) is 41.6 Å². The summed E-state index contributed by atoms with van der Waals surface area (Å²) in [5.41, 5.74) is 2.78. The van der Waals surface area contributed by atoms with Gasteiger partial charge in [0.2, 0.25) is 5.91 Å². The van der Waals surface area contributed by atoms with Gasteiger partial charge in [-0.25, -0.2) is 9.38 Å². The van der Waals surface area contributed by atoms with Gasteiger partial charge in [0.15, 0.2) is 5.96 Å². The highest BCUT2D eigenvalue weighted by Gasteiger charge is 2.24. The van der Waals surface area contributed by atoms with Crippen LogP contribution in [0.25, 0.3) is 0 Å². The van der Waals surface area contributed by atoms with Crippen molar-refractivity contribution in [2.24, 2.45) is 4.99 Å². The standard InChI is InChI=1S/C20H22BrFN4O.HI/c1-2-23-20(24-11-13-7-8-16(21)17(22)9-13)25-12-14-10-19(27)26-18-6-4-3-5-15(14)18;/h3-9,14H,2,10-12H2,1H3,(H,26,27)(H2,23,24,25);1H. The maximum atomic E-state index is 13.7. The van der Waals surface area contributed by atoms with E-state index in [1.54, 1.807) is 6.07 Å². The second kappa shape index (κ2) is 10.8. The van der Waals surface area contributed by atoms with Crippen molar-refractivity contribution in [3.8, 4) is 0 Å². The zero-order valence-corrected chi connectivity index (χ0v) is 19.4. The molecule has 28 heavy (non-hydrogen) atoms. The molecular weight excluding hydrogens is 538 g/mol. The lowest BCUT2D eigenvalue weighted by atomic mass is 9.90. The van der Waals surface area contributed by atoms with E-state index in [1.165, 1.54) is 6.07 Å². The molecule has 1 aliphatic heterocycles. The average molecular weight is 561 g/mol. The van der Waals surface area contributed by atoms with Gasteiger partial charge >= 0.3 is 0 Å². The van der Waals surface area contributed by atoms with E-state index in [0.717, 1.165) is 16.8 Å². The Morgan fingerprint density at radius 2 is 2.07 bits per heavy atom. The Bertz CT molecular complexity index is 862. The van der Waals surface area contributed by atoms with Gasteiger partial charge in [-0.2, -0.15) is 0 Å². The number of carbonyl (C=O) groups excluding carboxylic acids is 1. The van der Waals surface area contributed by atoms with Crippen LogP contribution >= 0.6 is 39.9 Å². The zero-order valence-electron chi connectivity index (χ0n) is 15.5. The predicted octanol–water partition coefficient (Wildman–Crippen LogP) is 4.39. The molecule has 0 fully saturated rings. The first-order valence-electron chi connectivity index (χ1n) is 8.91. The van der Waals surface area contributed by atoms with E-state index < -0.39 is 0 Å². The number of halogens is 3. The Labute approximate surface area is 189 Å². The van der Waals surface area contributed by atoms with Crippen LogP contribution in [0.15, 0.2) is 51.9 Å². The number of nitrogens with zero attached hydrogens (tertiary/aromatic N) is 1. The fourth-order valence-electron chi connectivity index (χ4n) is 3.05. The first-order chi connectivity index (χ1) is 13.1. The van der Waals surface area contributed by atoms with Crippen molar-refractivity contribution in [2.45, 2.75) is 25.8 Å². The summed E-state index contributed by atoms with van der Waals surface area (Å²) in [5.74, 6) is 0.437. The van der Waals surface area contributed by atoms with Crippen LogP contribution in [0, 0.1) is 5.82 Å². The lowest BCUT2D eigenvalue weighted by Crippen LogP contribution is -2.40. The molecule has 1 aliphatic rings. The normalized spacial score (nSPS) is 15.9. The number of carbonyl (C=O) groups is 1. The molecule has 0 saturated carbocycles. The number of benzene rings is 2. The van der Waals surface area contributed by atoms with Gasteiger partial charge in [-0.15, -0.1) is 24.0 Å². The van der Waals surface area contributed by atoms with Crippen molar-refractivity contribution in [3.05, 3.63) is 63.9 Å². The number of hydrogen-bond donors (Lipinski definition) is 3. The fourth-order valence-corrected chi connectivity index (χ4v) is 3.30. The molecule has 0 radical (unpaired) electrons. The topological polar surface area (TPSA) is 65.5 Å². The zero-order chi connectivity index (χ0) is 19.2. The predicted molar refractivity (Wildman–Crippen MR) is 125 cm³/mol. The van der Waals surface area contributed by atoms with Crippen LogP contribution < -0.4 is 16.0 Å². The van der Waals surface area contributed by atoms with Crippen LogP contribution in [0.3, 0.4) is 0 Å². The van der Waals surface area contributed by atoms with Gasteiger partial charge in [0.05, 0.1) is 11.0 Å². The van der Waals surface area contributed by atoms with Crippen molar-refractivity contribution in [1.29, 1.82) is 0 Å². The Kier molecular flexibility index (Phi) is 8.68. The number of rotatable bonds is 5. The van der Waals surface area contributed by atoms with Crippen molar-refractivity contribution in [3.63, 3.8) is 0 Å². The third-order valence-corrected chi connectivity index (χ3v) is 5.01. The number of aliphatic imine (C=N–C) groups is 1. The first-order valence-corrected chi connectivity index (χ1v) is 9.71. The molecule has 3 rings (SSSR count). The second-order valence-corrected chi connectivity index (χ2v) is 7.22. The maximum absolute atomic E-state index is 13.7. The number of amides is 1. The monoisotopic (exact) mass is 560 g/mol. The van der Waals surface area contributed by atoms with E-state index in [2.05, 4.69) is 36.9 Å². The quantitative estimate of drug-likeness (QED) is 0.289. The molecule has 0 aliphatic carbocycles. The molecule has 1 atom stereocenters. The molecule has 5 nitrogen and oxygen atoms in total. The lowest BCUT2D eigenvalue weighted by Gasteiger charge is -2.26. The number of fused-ring (bicyclic) bond motifs is 1. The molecule has 2 aromatic carbocycles. The van der Waals surface area contributed by atoms with Crippen molar-refractivity contribution in [2.75, 3.05) is 18.4 Å². The Morgan fingerprint density at radius 3 is 2.82 bits per heavy atom. The summed E-state index contributed by atoms with van der Waals surface area (Å²) < 4.78 is 14.1. The molecule has 0 aromatic heterocycles. The van der Waals surface area contributed by atoms with Gasteiger partial charge in [0.1, 0.15) is 5.82 Å². The average Bonchev–Trinajstić information content (AvgIpc) is 2.66. The maximum Gasteiger partial charge on any atom is 0.225 e. The van der Waals surface area contributed by atoms with Crippen LogP contribution in [-0.2, 0) is 11.3 Å². The molecular formula is C20H23BrFIN4O. The Hall–Kier alpha value is -1.68. The van der Waals surface area contributed by atoms with E-state index in [0.29, 0.717) is 36.5 Å². The Balaban J connectivity index is 0.00000280. The smallest absolute Gasteiger partial charge is 0.225 e. The lowest BCUT2D eigenvalue weighted by molar-refractivity contribution is -0.116. The SMILES string of the molecule is CCNC(=NCc1ccc(Br)c(F)c1)NCC1CC(=O)Nc2ccccc21.I. The number of nitrogens with one attached hydrogen (secondary N) is 3. The second-order valence-electron chi connectivity index (χ2n) is 6.36. The summed E-state index contributed by atoms with van der Waals surface area (Å²) in [6, 6.07) is 12.8. The van der Waals surface area contributed by atoms with E-state index in [9.17, 15) is 9.18 Å². The molecule has 1 unspecified atom stereocenters. The van der Waals surface area contributed by atoms with Gasteiger partial charge in [0.25, 0.3) is 0 Å². The summed E-state index contributed by atoms with van der Waals surface area (Å²) in [6.07, 6.45) is 0.432. The minimum Gasteiger partial charge on any atom is -0.357 e. The van der Waals surface area contributed by atoms with Crippen molar-refractivity contribution in [1.82, 2.24) is 10.6 Å². The number of para-hydroxylation sites is 1.